The molecule has 2 atom stereocenters. The number of carbonyl (C=O) groups is 1. The van der Waals surface area contributed by atoms with Crippen LogP contribution in [0.4, 0.5) is 0 Å². The zero-order chi connectivity index (χ0) is 16.7. The minimum Gasteiger partial charge on any atom is -0.393 e. The Labute approximate surface area is 137 Å². The second-order valence-corrected chi connectivity index (χ2v) is 5.61. The summed E-state index contributed by atoms with van der Waals surface area (Å²) in [6.45, 7) is 1.78. The highest BCUT2D eigenvalue weighted by Gasteiger charge is 2.19. The van der Waals surface area contributed by atoms with Crippen molar-refractivity contribution in [3.05, 3.63) is 83.6 Å². The van der Waals surface area contributed by atoms with E-state index < -0.39 is 6.10 Å². The molecule has 23 heavy (non-hydrogen) atoms. The topological polar surface area (TPSA) is 49.3 Å². The maximum atomic E-state index is 12.3. The van der Waals surface area contributed by atoms with Gasteiger partial charge in [0.25, 0.3) is 0 Å². The van der Waals surface area contributed by atoms with E-state index in [-0.39, 0.29) is 11.7 Å². The van der Waals surface area contributed by atoms with Crippen molar-refractivity contribution in [2.75, 3.05) is 7.05 Å². The van der Waals surface area contributed by atoms with Gasteiger partial charge >= 0.3 is 0 Å². The summed E-state index contributed by atoms with van der Waals surface area (Å²) < 4.78 is 0. The van der Waals surface area contributed by atoms with Crippen molar-refractivity contribution in [1.82, 2.24) is 5.32 Å². The summed E-state index contributed by atoms with van der Waals surface area (Å²) in [6.07, 6.45) is 1.70. The Morgan fingerprint density at radius 3 is 2.17 bits per heavy atom. The second kappa shape index (κ2) is 8.30. The maximum Gasteiger partial charge on any atom is 0.187 e. The fourth-order valence-corrected chi connectivity index (χ4v) is 2.58. The van der Waals surface area contributed by atoms with Gasteiger partial charge in [-0.2, -0.15) is 0 Å². The van der Waals surface area contributed by atoms with Gasteiger partial charge in [-0.25, -0.2) is 0 Å². The number of carbonyl (C=O) groups excluding carboxylic acids is 1. The van der Waals surface area contributed by atoms with E-state index in [1.54, 1.807) is 32.2 Å². The van der Waals surface area contributed by atoms with E-state index in [0.29, 0.717) is 12.0 Å². The molecule has 0 aliphatic heterocycles. The number of ketones is 1. The first-order valence-corrected chi connectivity index (χ1v) is 7.82. The van der Waals surface area contributed by atoms with Gasteiger partial charge in [-0.05, 0) is 18.9 Å². The summed E-state index contributed by atoms with van der Waals surface area (Å²) in [5.74, 6) is -0.0918. The summed E-state index contributed by atoms with van der Waals surface area (Å²) in [5, 5.41) is 13.2. The molecule has 2 aromatic rings. The lowest BCUT2D eigenvalue weighted by Gasteiger charge is -2.22. The highest BCUT2D eigenvalue weighted by molar-refractivity contribution is 6.04. The first-order chi connectivity index (χ1) is 11.1. The maximum absolute atomic E-state index is 12.3. The predicted molar refractivity (Wildman–Crippen MR) is 93.4 cm³/mol. The molecule has 0 aliphatic carbocycles. The standard InChI is InChI=1S/C20H23NO2/c1-15(22)19(16-9-5-3-6-10-16)13-18(21-2)14-20(23)17-11-7-4-8-12-17/h3-12,14-15,19,21-22H,13H2,1-2H3/b18-14-. The van der Waals surface area contributed by atoms with Gasteiger partial charge in [0.15, 0.2) is 5.78 Å². The quantitative estimate of drug-likeness (QED) is 0.607. The number of allylic oxidation sites excluding steroid dienone is 2. The van der Waals surface area contributed by atoms with E-state index in [1.165, 1.54) is 0 Å². The molecule has 0 radical (unpaired) electrons. The summed E-state index contributed by atoms with van der Waals surface area (Å²) >= 11 is 0. The SMILES string of the molecule is CN/C(=C\C(=O)c1ccccc1)CC(c1ccccc1)C(C)O. The van der Waals surface area contributed by atoms with E-state index in [9.17, 15) is 9.90 Å². The van der Waals surface area contributed by atoms with Crippen LogP contribution in [-0.2, 0) is 0 Å². The number of hydrogen-bond acceptors (Lipinski definition) is 3. The van der Waals surface area contributed by atoms with Crippen molar-refractivity contribution in [3.8, 4) is 0 Å². The van der Waals surface area contributed by atoms with Crippen molar-refractivity contribution < 1.29 is 9.90 Å². The number of aliphatic hydroxyl groups excluding tert-OH is 1. The monoisotopic (exact) mass is 309 g/mol. The van der Waals surface area contributed by atoms with Crippen LogP contribution >= 0.6 is 0 Å². The third-order valence-electron chi connectivity index (χ3n) is 3.93. The fourth-order valence-electron chi connectivity index (χ4n) is 2.58. The van der Waals surface area contributed by atoms with Crippen LogP contribution in [0.15, 0.2) is 72.4 Å². The van der Waals surface area contributed by atoms with Gasteiger partial charge in [-0.3, -0.25) is 4.79 Å². The number of hydrogen-bond donors (Lipinski definition) is 2. The van der Waals surface area contributed by atoms with Gasteiger partial charge in [0.05, 0.1) is 6.10 Å². The van der Waals surface area contributed by atoms with E-state index >= 15 is 0 Å². The van der Waals surface area contributed by atoms with E-state index in [1.807, 2.05) is 48.5 Å². The van der Waals surface area contributed by atoms with Crippen LogP contribution in [0.2, 0.25) is 0 Å². The van der Waals surface area contributed by atoms with Gasteiger partial charge in [0.2, 0.25) is 0 Å². The number of aliphatic hydroxyl groups is 1. The Bertz CT molecular complexity index is 648. The van der Waals surface area contributed by atoms with E-state index in [2.05, 4.69) is 5.32 Å². The van der Waals surface area contributed by atoms with Crippen molar-refractivity contribution in [1.29, 1.82) is 0 Å². The Balaban J connectivity index is 2.19. The van der Waals surface area contributed by atoms with Gasteiger partial charge in [0.1, 0.15) is 0 Å². The smallest absolute Gasteiger partial charge is 0.187 e. The molecule has 0 aromatic heterocycles. The van der Waals surface area contributed by atoms with Crippen molar-refractivity contribution >= 4 is 5.78 Å². The Kier molecular flexibility index (Phi) is 6.12. The molecule has 0 saturated heterocycles. The molecule has 0 aliphatic rings. The molecule has 0 saturated carbocycles. The van der Waals surface area contributed by atoms with Crippen LogP contribution in [0.25, 0.3) is 0 Å². The number of rotatable bonds is 7. The van der Waals surface area contributed by atoms with E-state index in [4.69, 9.17) is 0 Å². The first kappa shape index (κ1) is 17.0. The Morgan fingerprint density at radius 2 is 1.65 bits per heavy atom. The molecule has 2 rings (SSSR count). The molecule has 3 nitrogen and oxygen atoms in total. The average molecular weight is 309 g/mol. The minimum absolute atomic E-state index is 0.0349. The molecule has 0 heterocycles. The minimum atomic E-state index is -0.499. The molecular weight excluding hydrogens is 286 g/mol. The first-order valence-electron chi connectivity index (χ1n) is 7.82. The molecule has 0 amide bonds. The highest BCUT2D eigenvalue weighted by Crippen LogP contribution is 2.26. The molecule has 2 aromatic carbocycles. The molecular formula is C20H23NO2. The molecule has 3 heteroatoms. The number of benzene rings is 2. The van der Waals surface area contributed by atoms with Crippen LogP contribution in [0.3, 0.4) is 0 Å². The van der Waals surface area contributed by atoms with Gasteiger partial charge in [0, 0.05) is 30.3 Å². The zero-order valence-electron chi connectivity index (χ0n) is 13.6. The van der Waals surface area contributed by atoms with E-state index in [0.717, 1.165) is 11.3 Å². The third kappa shape index (κ3) is 4.80. The Hall–Kier alpha value is -2.39. The van der Waals surface area contributed by atoms with Crippen molar-refractivity contribution in [3.63, 3.8) is 0 Å². The molecule has 2 unspecified atom stereocenters. The zero-order valence-corrected chi connectivity index (χ0v) is 13.6. The summed E-state index contributed by atoms with van der Waals surface area (Å²) in [6, 6.07) is 19.1. The summed E-state index contributed by atoms with van der Waals surface area (Å²) in [4.78, 5) is 12.3. The van der Waals surface area contributed by atoms with Crippen LogP contribution < -0.4 is 5.32 Å². The molecule has 2 N–H and O–H groups in total. The fraction of sp³-hybridized carbons (Fsp3) is 0.250. The van der Waals surface area contributed by atoms with Gasteiger partial charge in [-0.1, -0.05) is 60.7 Å². The van der Waals surface area contributed by atoms with Crippen LogP contribution in [0.1, 0.15) is 35.2 Å². The number of nitrogens with one attached hydrogen (secondary N) is 1. The lowest BCUT2D eigenvalue weighted by molar-refractivity contribution is 0.104. The van der Waals surface area contributed by atoms with Crippen molar-refractivity contribution in [2.45, 2.75) is 25.4 Å². The van der Waals surface area contributed by atoms with Crippen LogP contribution in [-0.4, -0.2) is 24.0 Å². The normalized spacial score (nSPS) is 14.1. The lowest BCUT2D eigenvalue weighted by atomic mass is 9.89. The average Bonchev–Trinajstić information content (AvgIpc) is 2.59. The molecule has 0 fully saturated rings. The van der Waals surface area contributed by atoms with Gasteiger partial charge < -0.3 is 10.4 Å². The molecule has 0 spiro atoms. The Morgan fingerprint density at radius 1 is 1.09 bits per heavy atom. The van der Waals surface area contributed by atoms with Crippen LogP contribution in [0.5, 0.6) is 0 Å². The third-order valence-corrected chi connectivity index (χ3v) is 3.93. The lowest BCUT2D eigenvalue weighted by Crippen LogP contribution is -2.20. The largest absolute Gasteiger partial charge is 0.393 e. The summed E-state index contributed by atoms with van der Waals surface area (Å²) in [7, 11) is 1.80. The van der Waals surface area contributed by atoms with Crippen molar-refractivity contribution in [2.24, 2.45) is 0 Å². The second-order valence-electron chi connectivity index (χ2n) is 5.61. The molecule has 0 bridgehead atoms. The summed E-state index contributed by atoms with van der Waals surface area (Å²) in [5.41, 5.74) is 2.54. The molecule has 120 valence electrons. The van der Waals surface area contributed by atoms with Crippen LogP contribution in [0, 0.1) is 0 Å². The highest BCUT2D eigenvalue weighted by atomic mass is 16.3. The van der Waals surface area contributed by atoms with Gasteiger partial charge in [-0.15, -0.1) is 0 Å². The predicted octanol–water partition coefficient (Wildman–Crippen LogP) is 3.53.